The van der Waals surface area contributed by atoms with Gasteiger partial charge >= 0.3 is 5.97 Å². The third kappa shape index (κ3) is 2.66. The van der Waals surface area contributed by atoms with Crippen molar-refractivity contribution in [3.8, 4) is 5.75 Å². The highest BCUT2D eigenvalue weighted by Gasteiger charge is 2.34. The lowest BCUT2D eigenvalue weighted by Gasteiger charge is -2.25. The van der Waals surface area contributed by atoms with Crippen LogP contribution in [0.15, 0.2) is 18.2 Å². The molecule has 0 saturated heterocycles. The fourth-order valence-electron chi connectivity index (χ4n) is 1.94. The molecule has 0 bridgehead atoms. The molecule has 1 rings (SSSR count). The van der Waals surface area contributed by atoms with Crippen molar-refractivity contribution in [2.75, 3.05) is 14.2 Å². The van der Waals surface area contributed by atoms with Crippen molar-refractivity contribution >= 4 is 5.97 Å². The van der Waals surface area contributed by atoms with E-state index in [4.69, 9.17) is 9.47 Å². The Hall–Kier alpha value is -1.51. The lowest BCUT2D eigenvalue weighted by molar-refractivity contribution is -0.146. The van der Waals surface area contributed by atoms with Crippen molar-refractivity contribution in [1.82, 2.24) is 0 Å². The van der Waals surface area contributed by atoms with Gasteiger partial charge in [0.05, 0.1) is 19.6 Å². The molecule has 0 amide bonds. The molecule has 1 aromatic rings. The van der Waals surface area contributed by atoms with Crippen LogP contribution in [0.2, 0.25) is 0 Å². The van der Waals surface area contributed by atoms with Crippen LogP contribution in [0, 0.1) is 0 Å². The molecular weight excluding hydrogens is 228 g/mol. The standard InChI is InChI=1S/C15H22O3/c1-10(2)11-7-8-13(17-5)12(9-11)15(3,4)14(16)18-6/h7-10H,1-6H3. The first-order valence-electron chi connectivity index (χ1n) is 6.11. The number of hydrogen-bond acceptors (Lipinski definition) is 3. The largest absolute Gasteiger partial charge is 0.496 e. The highest BCUT2D eigenvalue weighted by molar-refractivity contribution is 5.83. The molecule has 0 saturated carbocycles. The van der Waals surface area contributed by atoms with E-state index in [1.54, 1.807) is 7.11 Å². The van der Waals surface area contributed by atoms with Crippen LogP contribution >= 0.6 is 0 Å². The quantitative estimate of drug-likeness (QED) is 0.769. The summed E-state index contributed by atoms with van der Waals surface area (Å²) in [5, 5.41) is 0. The molecule has 1 aromatic carbocycles. The molecule has 0 spiro atoms. The third-order valence-corrected chi connectivity index (χ3v) is 3.26. The summed E-state index contributed by atoms with van der Waals surface area (Å²) in [4.78, 5) is 11.9. The Morgan fingerprint density at radius 1 is 1.22 bits per heavy atom. The van der Waals surface area contributed by atoms with Gasteiger partial charge in [-0.15, -0.1) is 0 Å². The van der Waals surface area contributed by atoms with Crippen molar-refractivity contribution in [2.45, 2.75) is 39.0 Å². The van der Waals surface area contributed by atoms with E-state index >= 15 is 0 Å². The maximum Gasteiger partial charge on any atom is 0.315 e. The van der Waals surface area contributed by atoms with Gasteiger partial charge in [0.2, 0.25) is 0 Å². The Bertz CT molecular complexity index is 433. The maximum atomic E-state index is 11.9. The molecule has 18 heavy (non-hydrogen) atoms. The van der Waals surface area contributed by atoms with Gasteiger partial charge in [0.1, 0.15) is 5.75 Å². The van der Waals surface area contributed by atoms with Crippen LogP contribution in [0.1, 0.15) is 44.7 Å². The Morgan fingerprint density at radius 2 is 1.83 bits per heavy atom. The van der Waals surface area contributed by atoms with Crippen molar-refractivity contribution in [2.24, 2.45) is 0 Å². The minimum absolute atomic E-state index is 0.262. The molecule has 0 unspecified atom stereocenters. The van der Waals surface area contributed by atoms with Crippen LogP contribution in [0.3, 0.4) is 0 Å². The summed E-state index contributed by atoms with van der Waals surface area (Å²) < 4.78 is 10.2. The van der Waals surface area contributed by atoms with Gasteiger partial charge in [-0.05, 0) is 31.4 Å². The smallest absolute Gasteiger partial charge is 0.315 e. The molecule has 0 aliphatic heterocycles. The first-order valence-corrected chi connectivity index (χ1v) is 6.11. The van der Waals surface area contributed by atoms with Crippen molar-refractivity contribution < 1.29 is 14.3 Å². The number of methoxy groups -OCH3 is 2. The Labute approximate surface area is 109 Å². The molecule has 3 heteroatoms. The normalized spacial score (nSPS) is 11.5. The van der Waals surface area contributed by atoms with Gasteiger partial charge in [-0.25, -0.2) is 0 Å². The summed E-state index contributed by atoms with van der Waals surface area (Å²) in [5.41, 5.74) is 1.33. The van der Waals surface area contributed by atoms with Crippen LogP contribution in [-0.2, 0) is 14.9 Å². The van der Waals surface area contributed by atoms with E-state index in [0.29, 0.717) is 5.92 Å². The van der Waals surface area contributed by atoms with Crippen LogP contribution in [-0.4, -0.2) is 20.2 Å². The SMILES string of the molecule is COC(=O)C(C)(C)c1cc(C(C)C)ccc1OC. The monoisotopic (exact) mass is 250 g/mol. The Balaban J connectivity index is 3.36. The predicted molar refractivity (Wildman–Crippen MR) is 72.1 cm³/mol. The van der Waals surface area contributed by atoms with E-state index in [0.717, 1.165) is 11.3 Å². The molecule has 0 aliphatic rings. The molecule has 0 atom stereocenters. The number of carbonyl (C=O) groups excluding carboxylic acids is 1. The minimum Gasteiger partial charge on any atom is -0.496 e. The highest BCUT2D eigenvalue weighted by Crippen LogP contribution is 2.34. The number of ether oxygens (including phenoxy) is 2. The summed E-state index contributed by atoms with van der Waals surface area (Å²) in [7, 11) is 3.02. The number of esters is 1. The van der Waals surface area contributed by atoms with E-state index < -0.39 is 5.41 Å². The number of carbonyl (C=O) groups is 1. The minimum atomic E-state index is -0.717. The van der Waals surface area contributed by atoms with Crippen LogP contribution in [0.25, 0.3) is 0 Å². The second kappa shape index (κ2) is 5.42. The Kier molecular flexibility index (Phi) is 4.38. The van der Waals surface area contributed by atoms with E-state index in [1.165, 1.54) is 12.7 Å². The molecule has 0 N–H and O–H groups in total. The molecule has 0 radical (unpaired) electrons. The zero-order valence-corrected chi connectivity index (χ0v) is 12.0. The van der Waals surface area contributed by atoms with Crippen LogP contribution in [0.4, 0.5) is 0 Å². The van der Waals surface area contributed by atoms with Crippen LogP contribution in [0.5, 0.6) is 5.75 Å². The summed E-state index contributed by atoms with van der Waals surface area (Å²) in [6.07, 6.45) is 0. The molecule has 100 valence electrons. The van der Waals surface area contributed by atoms with Gasteiger partial charge in [0.25, 0.3) is 0 Å². The molecule has 3 nitrogen and oxygen atoms in total. The third-order valence-electron chi connectivity index (χ3n) is 3.26. The summed E-state index contributed by atoms with van der Waals surface area (Å²) in [6.45, 7) is 7.94. The van der Waals surface area contributed by atoms with Gasteiger partial charge in [0.15, 0.2) is 0 Å². The highest BCUT2D eigenvalue weighted by atomic mass is 16.5. The summed E-state index contributed by atoms with van der Waals surface area (Å²) in [6, 6.07) is 5.97. The zero-order chi connectivity index (χ0) is 13.9. The molecule has 0 aliphatic carbocycles. The van der Waals surface area contributed by atoms with E-state index in [9.17, 15) is 4.79 Å². The summed E-state index contributed by atoms with van der Waals surface area (Å²) in [5.74, 6) is 0.861. The molecule has 0 heterocycles. The van der Waals surface area contributed by atoms with E-state index in [2.05, 4.69) is 13.8 Å². The lowest BCUT2D eigenvalue weighted by Crippen LogP contribution is -2.30. The number of benzene rings is 1. The van der Waals surface area contributed by atoms with Crippen molar-refractivity contribution in [3.05, 3.63) is 29.3 Å². The van der Waals surface area contributed by atoms with Gasteiger partial charge in [0, 0.05) is 5.56 Å². The second-order valence-electron chi connectivity index (χ2n) is 5.23. The Morgan fingerprint density at radius 3 is 2.28 bits per heavy atom. The van der Waals surface area contributed by atoms with Gasteiger partial charge in [-0.2, -0.15) is 0 Å². The average molecular weight is 250 g/mol. The first-order chi connectivity index (χ1) is 8.34. The fraction of sp³-hybridized carbons (Fsp3) is 0.533. The van der Waals surface area contributed by atoms with E-state index in [-0.39, 0.29) is 5.97 Å². The topological polar surface area (TPSA) is 35.5 Å². The molecule has 0 fully saturated rings. The summed E-state index contributed by atoms with van der Waals surface area (Å²) >= 11 is 0. The van der Waals surface area contributed by atoms with Crippen LogP contribution < -0.4 is 4.74 Å². The van der Waals surface area contributed by atoms with Gasteiger partial charge < -0.3 is 9.47 Å². The van der Waals surface area contributed by atoms with Gasteiger partial charge in [-0.3, -0.25) is 4.79 Å². The maximum absolute atomic E-state index is 11.9. The molecular formula is C15H22O3. The number of rotatable bonds is 4. The van der Waals surface area contributed by atoms with E-state index in [1.807, 2.05) is 32.0 Å². The van der Waals surface area contributed by atoms with Gasteiger partial charge in [-0.1, -0.05) is 26.0 Å². The molecule has 0 aromatic heterocycles. The predicted octanol–water partition coefficient (Wildman–Crippen LogP) is 3.27. The number of hydrogen-bond donors (Lipinski definition) is 0. The van der Waals surface area contributed by atoms with Crippen molar-refractivity contribution in [1.29, 1.82) is 0 Å². The zero-order valence-electron chi connectivity index (χ0n) is 12.0. The second-order valence-corrected chi connectivity index (χ2v) is 5.23. The lowest BCUT2D eigenvalue weighted by atomic mass is 9.82. The fourth-order valence-corrected chi connectivity index (χ4v) is 1.94. The van der Waals surface area contributed by atoms with Crippen molar-refractivity contribution in [3.63, 3.8) is 0 Å². The first kappa shape index (κ1) is 14.6. The average Bonchev–Trinajstić information content (AvgIpc) is 2.36.